The lowest BCUT2D eigenvalue weighted by Crippen LogP contribution is -2.46. The number of allylic oxidation sites excluding steroid dienone is 3. The van der Waals surface area contributed by atoms with Gasteiger partial charge in [0.05, 0.1) is 0 Å². The Morgan fingerprint density at radius 3 is 2.46 bits per heavy atom. The van der Waals surface area contributed by atoms with Crippen LogP contribution in [0.15, 0.2) is 72.3 Å². The van der Waals surface area contributed by atoms with E-state index in [2.05, 4.69) is 12.2 Å². The lowest BCUT2D eigenvalue weighted by atomic mass is 9.66. The summed E-state index contributed by atoms with van der Waals surface area (Å²) in [5.74, 6) is -1.44. The third-order valence-corrected chi connectivity index (χ3v) is 4.86. The van der Waals surface area contributed by atoms with E-state index < -0.39 is 17.0 Å². The van der Waals surface area contributed by atoms with Crippen molar-refractivity contribution in [2.24, 2.45) is 5.92 Å². The molecule has 2 aromatic carbocycles. The maximum atomic E-state index is 14.9. The van der Waals surface area contributed by atoms with Gasteiger partial charge in [-0.3, -0.25) is 4.79 Å². The first kappa shape index (κ1) is 18.1. The topological polar surface area (TPSA) is 29.1 Å². The molecule has 134 valence electrons. The van der Waals surface area contributed by atoms with E-state index in [4.69, 9.17) is 0 Å². The zero-order valence-electron chi connectivity index (χ0n) is 14.8. The number of rotatable bonds is 4. The van der Waals surface area contributed by atoms with E-state index >= 15 is 0 Å². The van der Waals surface area contributed by atoms with Gasteiger partial charge in [0.1, 0.15) is 17.0 Å². The summed E-state index contributed by atoms with van der Waals surface area (Å²) in [6.45, 7) is 2.08. The number of likely N-dealkylation sites (N-methyl/N-ethyl adjacent to an activating group) is 1. The molecule has 2 atom stereocenters. The number of carbonyl (C=O) groups excluding carboxylic acids is 1. The summed E-state index contributed by atoms with van der Waals surface area (Å²) in [5, 5.41) is 2.68. The molecular weight excluding hydrogens is 332 g/mol. The number of carbonyl (C=O) groups is 1. The average molecular weight is 353 g/mol. The van der Waals surface area contributed by atoms with Gasteiger partial charge < -0.3 is 5.32 Å². The molecule has 0 aliphatic heterocycles. The molecule has 1 aliphatic rings. The first-order valence-electron chi connectivity index (χ1n) is 8.62. The summed E-state index contributed by atoms with van der Waals surface area (Å²) < 4.78 is 28.4. The normalized spacial score (nSPS) is 18.8. The Labute approximate surface area is 152 Å². The van der Waals surface area contributed by atoms with Gasteiger partial charge in [-0.25, -0.2) is 8.78 Å². The molecule has 1 amide bonds. The summed E-state index contributed by atoms with van der Waals surface area (Å²) in [7, 11) is 1.52. The molecule has 1 aliphatic carbocycles. The zero-order valence-corrected chi connectivity index (χ0v) is 14.8. The van der Waals surface area contributed by atoms with Crippen molar-refractivity contribution in [3.05, 3.63) is 95.1 Å². The van der Waals surface area contributed by atoms with Crippen LogP contribution in [0.5, 0.6) is 0 Å². The molecule has 2 aromatic rings. The molecule has 2 unspecified atom stereocenters. The smallest absolute Gasteiger partial charge is 0.239 e. The Morgan fingerprint density at radius 2 is 1.88 bits per heavy atom. The van der Waals surface area contributed by atoms with Gasteiger partial charge in [0, 0.05) is 18.7 Å². The molecule has 0 heterocycles. The molecule has 0 aromatic heterocycles. The standard InChI is InChI=1S/C22H21F2NO/c1-15-8-10-17(11-9-15)22(21(26)25-2,16-6-4-3-5-7-16)19-13-12-18(23)14-20(19)24/h3-8,10-15H,9H2,1-2H3,(H,25,26). The molecular formula is C22H21F2NO. The second kappa shape index (κ2) is 7.24. The predicted octanol–water partition coefficient (Wildman–Crippen LogP) is 4.52. The number of hydrogen-bond donors (Lipinski definition) is 1. The fourth-order valence-electron chi connectivity index (χ4n) is 3.54. The Bertz CT molecular complexity index is 873. The van der Waals surface area contributed by atoms with Gasteiger partial charge in [0.25, 0.3) is 0 Å². The lowest BCUT2D eigenvalue weighted by Gasteiger charge is -2.36. The van der Waals surface area contributed by atoms with Crippen LogP contribution in [0, 0.1) is 17.6 Å². The highest BCUT2D eigenvalue weighted by molar-refractivity contribution is 5.96. The number of hydrogen-bond acceptors (Lipinski definition) is 1. The molecule has 0 saturated carbocycles. The van der Waals surface area contributed by atoms with Crippen molar-refractivity contribution in [3.8, 4) is 0 Å². The predicted molar refractivity (Wildman–Crippen MR) is 98.7 cm³/mol. The Kier molecular flexibility index (Phi) is 5.03. The third-order valence-electron chi connectivity index (χ3n) is 4.86. The fraction of sp³-hybridized carbons (Fsp3) is 0.227. The molecule has 1 N–H and O–H groups in total. The fourth-order valence-corrected chi connectivity index (χ4v) is 3.54. The van der Waals surface area contributed by atoms with Crippen LogP contribution >= 0.6 is 0 Å². The second-order valence-electron chi connectivity index (χ2n) is 6.55. The van der Waals surface area contributed by atoms with E-state index in [0.717, 1.165) is 12.5 Å². The van der Waals surface area contributed by atoms with Crippen LogP contribution in [-0.2, 0) is 10.2 Å². The van der Waals surface area contributed by atoms with Crippen LogP contribution < -0.4 is 5.32 Å². The van der Waals surface area contributed by atoms with Crippen LogP contribution in [0.1, 0.15) is 24.5 Å². The van der Waals surface area contributed by atoms with Crippen LogP contribution in [0.25, 0.3) is 0 Å². The van der Waals surface area contributed by atoms with Crippen molar-refractivity contribution in [1.82, 2.24) is 5.32 Å². The first-order chi connectivity index (χ1) is 12.5. The molecule has 4 heteroatoms. The molecule has 0 fully saturated rings. The van der Waals surface area contributed by atoms with E-state index in [-0.39, 0.29) is 11.5 Å². The Balaban J connectivity index is 2.36. The van der Waals surface area contributed by atoms with E-state index in [1.807, 2.05) is 36.4 Å². The molecule has 26 heavy (non-hydrogen) atoms. The highest BCUT2D eigenvalue weighted by Gasteiger charge is 2.46. The van der Waals surface area contributed by atoms with E-state index in [9.17, 15) is 13.6 Å². The van der Waals surface area contributed by atoms with Crippen molar-refractivity contribution in [3.63, 3.8) is 0 Å². The molecule has 2 nitrogen and oxygen atoms in total. The maximum absolute atomic E-state index is 14.9. The van der Waals surface area contributed by atoms with E-state index in [1.165, 1.54) is 19.2 Å². The van der Waals surface area contributed by atoms with Crippen molar-refractivity contribution in [2.75, 3.05) is 7.05 Å². The first-order valence-corrected chi connectivity index (χ1v) is 8.62. The van der Waals surface area contributed by atoms with Gasteiger partial charge in [-0.05, 0) is 29.5 Å². The molecule has 3 rings (SSSR count). The van der Waals surface area contributed by atoms with Crippen molar-refractivity contribution in [2.45, 2.75) is 18.8 Å². The molecule has 0 radical (unpaired) electrons. The lowest BCUT2D eigenvalue weighted by molar-refractivity contribution is -0.123. The zero-order chi connectivity index (χ0) is 18.7. The Hall–Kier alpha value is -2.75. The minimum Gasteiger partial charge on any atom is -0.358 e. The summed E-state index contributed by atoms with van der Waals surface area (Å²) in [4.78, 5) is 13.2. The van der Waals surface area contributed by atoms with Crippen molar-refractivity contribution in [1.29, 1.82) is 0 Å². The van der Waals surface area contributed by atoms with Crippen LogP contribution in [0.4, 0.5) is 8.78 Å². The molecule has 0 bridgehead atoms. The van der Waals surface area contributed by atoms with Crippen molar-refractivity contribution < 1.29 is 13.6 Å². The number of benzene rings is 2. The van der Waals surface area contributed by atoms with Crippen molar-refractivity contribution >= 4 is 5.91 Å². The van der Waals surface area contributed by atoms with Gasteiger partial charge in [-0.2, -0.15) is 0 Å². The summed E-state index contributed by atoms with van der Waals surface area (Å²) in [5.41, 5.74) is 0.0709. The summed E-state index contributed by atoms with van der Waals surface area (Å²) >= 11 is 0. The minimum atomic E-state index is -1.38. The largest absolute Gasteiger partial charge is 0.358 e. The van der Waals surface area contributed by atoms with E-state index in [0.29, 0.717) is 17.1 Å². The van der Waals surface area contributed by atoms with E-state index in [1.54, 1.807) is 12.1 Å². The average Bonchev–Trinajstić information content (AvgIpc) is 2.65. The number of halogens is 2. The van der Waals surface area contributed by atoms with Gasteiger partial charge in [-0.15, -0.1) is 0 Å². The number of amides is 1. The van der Waals surface area contributed by atoms with Crippen LogP contribution in [0.3, 0.4) is 0 Å². The van der Waals surface area contributed by atoms with Gasteiger partial charge in [0.2, 0.25) is 5.91 Å². The number of nitrogens with one attached hydrogen (secondary N) is 1. The maximum Gasteiger partial charge on any atom is 0.239 e. The third kappa shape index (κ3) is 2.96. The quantitative estimate of drug-likeness (QED) is 0.860. The highest BCUT2D eigenvalue weighted by atomic mass is 19.1. The van der Waals surface area contributed by atoms with Gasteiger partial charge in [0.15, 0.2) is 0 Å². The second-order valence-corrected chi connectivity index (χ2v) is 6.55. The monoisotopic (exact) mass is 353 g/mol. The van der Waals surface area contributed by atoms with Crippen LogP contribution in [-0.4, -0.2) is 13.0 Å². The minimum absolute atomic E-state index is 0.134. The molecule has 0 saturated heterocycles. The Morgan fingerprint density at radius 1 is 1.15 bits per heavy atom. The SMILES string of the molecule is CNC(=O)C(C1=CCC(C)C=C1)(c1ccccc1)c1ccc(F)cc1F. The summed E-state index contributed by atoms with van der Waals surface area (Å²) in [6.07, 6.45) is 6.60. The summed E-state index contributed by atoms with van der Waals surface area (Å²) in [6, 6.07) is 12.4. The van der Waals surface area contributed by atoms with Gasteiger partial charge >= 0.3 is 0 Å². The van der Waals surface area contributed by atoms with Crippen LogP contribution in [0.2, 0.25) is 0 Å². The van der Waals surface area contributed by atoms with Gasteiger partial charge in [-0.1, -0.05) is 61.5 Å². The highest BCUT2D eigenvalue weighted by Crippen LogP contribution is 2.43. The molecule has 0 spiro atoms.